The number of nitrogens with zero attached hydrogens (tertiary/aromatic N) is 5. The van der Waals surface area contributed by atoms with Gasteiger partial charge in [0.1, 0.15) is 24.1 Å². The zero-order valence-corrected chi connectivity index (χ0v) is 18.6. The molecular formula is C23H31N7O2. The van der Waals surface area contributed by atoms with Gasteiger partial charge in [0.05, 0.1) is 30.7 Å². The van der Waals surface area contributed by atoms with Gasteiger partial charge in [0.15, 0.2) is 5.75 Å². The van der Waals surface area contributed by atoms with Crippen molar-refractivity contribution < 1.29 is 9.47 Å². The fraction of sp³-hybridized carbons (Fsp3) is 0.609. The monoisotopic (exact) mass is 437 g/mol. The van der Waals surface area contributed by atoms with Gasteiger partial charge in [0.2, 0.25) is 0 Å². The molecule has 32 heavy (non-hydrogen) atoms. The Bertz CT molecular complexity index is 969. The Morgan fingerprint density at radius 1 is 1.03 bits per heavy atom. The van der Waals surface area contributed by atoms with Gasteiger partial charge in [-0.15, -0.1) is 0 Å². The number of aromatic nitrogens is 3. The van der Waals surface area contributed by atoms with E-state index in [2.05, 4.69) is 43.4 Å². The van der Waals surface area contributed by atoms with Crippen molar-refractivity contribution in [1.82, 2.24) is 25.2 Å². The minimum Gasteiger partial charge on any atom is -0.482 e. The Morgan fingerprint density at radius 2 is 1.84 bits per heavy atom. The van der Waals surface area contributed by atoms with Crippen LogP contribution in [0.4, 0.5) is 17.3 Å². The van der Waals surface area contributed by atoms with Gasteiger partial charge in [-0.2, -0.15) is 0 Å². The minimum atomic E-state index is -0.176. The van der Waals surface area contributed by atoms with E-state index in [0.29, 0.717) is 19.1 Å². The molecule has 9 heteroatoms. The first-order valence-electron chi connectivity index (χ1n) is 11.8. The van der Waals surface area contributed by atoms with E-state index >= 15 is 0 Å². The van der Waals surface area contributed by atoms with Crippen molar-refractivity contribution >= 4 is 17.3 Å². The molecular weight excluding hydrogens is 406 g/mol. The number of piperidine rings is 1. The van der Waals surface area contributed by atoms with Gasteiger partial charge in [-0.1, -0.05) is 0 Å². The van der Waals surface area contributed by atoms with Crippen LogP contribution in [0.2, 0.25) is 0 Å². The quantitative estimate of drug-likeness (QED) is 0.749. The van der Waals surface area contributed by atoms with Crippen molar-refractivity contribution in [2.45, 2.75) is 37.8 Å². The van der Waals surface area contributed by atoms with Crippen LogP contribution < -0.4 is 20.3 Å². The molecule has 0 radical (unpaired) electrons. The third-order valence-electron chi connectivity index (χ3n) is 7.25. The Hall–Kier alpha value is -2.49. The molecule has 3 saturated heterocycles. The second-order valence-electron chi connectivity index (χ2n) is 9.17. The van der Waals surface area contributed by atoms with Crippen LogP contribution in [0.3, 0.4) is 0 Å². The first-order chi connectivity index (χ1) is 15.8. The van der Waals surface area contributed by atoms with E-state index in [1.54, 1.807) is 6.33 Å². The molecule has 0 aromatic carbocycles. The Morgan fingerprint density at radius 3 is 2.59 bits per heavy atom. The molecule has 0 unspecified atom stereocenters. The highest BCUT2D eigenvalue weighted by Crippen LogP contribution is 2.42. The van der Waals surface area contributed by atoms with Crippen LogP contribution in [-0.2, 0) is 4.74 Å². The van der Waals surface area contributed by atoms with E-state index in [1.807, 2.05) is 6.20 Å². The summed E-state index contributed by atoms with van der Waals surface area (Å²) in [5.74, 6) is 3.00. The maximum absolute atomic E-state index is 6.35. The van der Waals surface area contributed by atoms with Crippen LogP contribution in [0.5, 0.6) is 5.75 Å². The smallest absolute Gasteiger partial charge is 0.161 e. The molecule has 0 spiro atoms. The summed E-state index contributed by atoms with van der Waals surface area (Å²) in [6, 6.07) is 2.89. The Labute approximate surface area is 188 Å². The number of anilines is 3. The van der Waals surface area contributed by atoms with Gasteiger partial charge < -0.3 is 25.0 Å². The van der Waals surface area contributed by atoms with E-state index in [1.165, 1.54) is 0 Å². The number of likely N-dealkylation sites (tertiary alicyclic amines) is 1. The second-order valence-corrected chi connectivity index (χ2v) is 9.17. The lowest BCUT2D eigenvalue weighted by molar-refractivity contribution is 0.112. The van der Waals surface area contributed by atoms with E-state index in [9.17, 15) is 0 Å². The Kier molecular flexibility index (Phi) is 5.32. The van der Waals surface area contributed by atoms with Gasteiger partial charge >= 0.3 is 0 Å². The van der Waals surface area contributed by atoms with Gasteiger partial charge in [-0.3, -0.25) is 9.88 Å². The van der Waals surface area contributed by atoms with Crippen LogP contribution in [0.1, 0.15) is 43.0 Å². The molecule has 170 valence electrons. The number of pyridine rings is 1. The van der Waals surface area contributed by atoms with E-state index in [0.717, 1.165) is 92.5 Å². The molecule has 3 fully saturated rings. The lowest BCUT2D eigenvalue weighted by Crippen LogP contribution is -2.58. The summed E-state index contributed by atoms with van der Waals surface area (Å²) >= 11 is 0. The van der Waals surface area contributed by atoms with Gasteiger partial charge in [-0.05, 0) is 38.9 Å². The lowest BCUT2D eigenvalue weighted by Gasteiger charge is -2.42. The molecule has 0 saturated carbocycles. The SMILES string of the molecule is C[C@@H]1Oc2cnc(C3CCN(C4CNC4)CC3)cc2Nc2ncnc(N3CCOCC3)c21. The van der Waals surface area contributed by atoms with Crippen LogP contribution in [0, 0.1) is 0 Å². The third-order valence-corrected chi connectivity index (χ3v) is 7.25. The molecule has 2 aromatic heterocycles. The fourth-order valence-corrected chi connectivity index (χ4v) is 5.23. The zero-order chi connectivity index (χ0) is 21.5. The number of hydrogen-bond acceptors (Lipinski definition) is 9. The van der Waals surface area contributed by atoms with Crippen LogP contribution in [0.25, 0.3) is 0 Å². The normalized spacial score (nSPS) is 24.5. The molecule has 4 aliphatic heterocycles. The van der Waals surface area contributed by atoms with E-state index in [-0.39, 0.29) is 6.10 Å². The summed E-state index contributed by atoms with van der Waals surface area (Å²) in [4.78, 5) is 18.9. The first kappa shape index (κ1) is 20.1. The van der Waals surface area contributed by atoms with Gasteiger partial charge in [-0.25, -0.2) is 9.97 Å². The molecule has 1 atom stereocenters. The average Bonchev–Trinajstić information content (AvgIpc) is 2.94. The molecule has 2 aromatic rings. The summed E-state index contributed by atoms with van der Waals surface area (Å²) < 4.78 is 11.9. The molecule has 9 nitrogen and oxygen atoms in total. The predicted molar refractivity (Wildman–Crippen MR) is 122 cm³/mol. The number of fused-ring (bicyclic) bond motifs is 2. The van der Waals surface area contributed by atoms with Crippen molar-refractivity contribution in [3.8, 4) is 5.75 Å². The lowest BCUT2D eigenvalue weighted by atomic mass is 9.91. The third kappa shape index (κ3) is 3.68. The molecule has 0 bridgehead atoms. The predicted octanol–water partition coefficient (Wildman–Crippen LogP) is 2.06. The number of ether oxygens (including phenoxy) is 2. The topological polar surface area (TPSA) is 87.7 Å². The fourth-order valence-electron chi connectivity index (χ4n) is 5.23. The van der Waals surface area contributed by atoms with E-state index < -0.39 is 0 Å². The molecule has 6 rings (SSSR count). The zero-order valence-electron chi connectivity index (χ0n) is 18.6. The van der Waals surface area contributed by atoms with Crippen LogP contribution >= 0.6 is 0 Å². The van der Waals surface area contributed by atoms with Crippen molar-refractivity contribution in [3.05, 3.63) is 29.8 Å². The number of hydrogen-bond donors (Lipinski definition) is 2. The van der Waals surface area contributed by atoms with Gasteiger partial charge in [0.25, 0.3) is 0 Å². The molecule has 0 aliphatic carbocycles. The average molecular weight is 438 g/mol. The summed E-state index contributed by atoms with van der Waals surface area (Å²) in [5, 5.41) is 6.93. The number of morpholine rings is 1. The van der Waals surface area contributed by atoms with Crippen LogP contribution in [-0.4, -0.2) is 78.4 Å². The summed E-state index contributed by atoms with van der Waals surface area (Å²) in [7, 11) is 0. The summed E-state index contributed by atoms with van der Waals surface area (Å²) in [6.45, 7) is 9.70. The maximum atomic E-state index is 6.35. The summed E-state index contributed by atoms with van der Waals surface area (Å²) in [5.41, 5.74) is 3.08. The molecule has 4 aliphatic rings. The highest BCUT2D eigenvalue weighted by atomic mass is 16.5. The van der Waals surface area contributed by atoms with Crippen LogP contribution in [0.15, 0.2) is 18.6 Å². The highest BCUT2D eigenvalue weighted by Gasteiger charge is 2.31. The standard InChI is InChI=1S/C23H31N7O2/c1-15-21-22(26-14-27-23(21)30-6-8-31-9-7-30)28-19-10-18(25-13-20(19)32-15)16-2-4-29(5-3-16)17-11-24-12-17/h10,13-17,24H,2-9,11-12H2,1H3,(H,26,27,28)/t15-/m0/s1. The highest BCUT2D eigenvalue weighted by molar-refractivity contribution is 5.72. The molecule has 6 heterocycles. The van der Waals surface area contributed by atoms with Crippen molar-refractivity contribution in [3.63, 3.8) is 0 Å². The summed E-state index contributed by atoms with van der Waals surface area (Å²) in [6.07, 6.45) is 5.65. The molecule has 2 N–H and O–H groups in total. The first-order valence-corrected chi connectivity index (χ1v) is 11.8. The Balaban J connectivity index is 1.24. The molecule has 0 amide bonds. The second kappa shape index (κ2) is 8.46. The van der Waals surface area contributed by atoms with Crippen molar-refractivity contribution in [1.29, 1.82) is 0 Å². The number of rotatable bonds is 3. The van der Waals surface area contributed by atoms with Crippen molar-refractivity contribution in [2.24, 2.45) is 0 Å². The van der Waals surface area contributed by atoms with Gasteiger partial charge in [0, 0.05) is 43.8 Å². The largest absolute Gasteiger partial charge is 0.482 e. The number of nitrogens with one attached hydrogen (secondary N) is 2. The maximum Gasteiger partial charge on any atom is 0.161 e. The minimum absolute atomic E-state index is 0.176. The van der Waals surface area contributed by atoms with E-state index in [4.69, 9.17) is 14.5 Å². The van der Waals surface area contributed by atoms with Crippen molar-refractivity contribution in [2.75, 3.05) is 62.7 Å².